The van der Waals surface area contributed by atoms with Crippen LogP contribution in [0.25, 0.3) is 0 Å². The molecule has 2 rings (SSSR count). The molecular weight excluding hydrogens is 368 g/mol. The molecule has 0 spiro atoms. The largest absolute Gasteiger partial charge is 0.494 e. The molecule has 0 aliphatic rings. The van der Waals surface area contributed by atoms with Gasteiger partial charge in [0.05, 0.1) is 31.4 Å². The van der Waals surface area contributed by atoms with Gasteiger partial charge in [0.2, 0.25) is 0 Å². The third kappa shape index (κ3) is 5.62. The minimum absolute atomic E-state index is 0.0937. The minimum Gasteiger partial charge on any atom is -0.494 e. The Kier molecular flexibility index (Phi) is 7.48. The molecule has 0 radical (unpaired) electrons. The molecule has 0 aliphatic heterocycles. The molecule has 0 amide bonds. The number of para-hydroxylation sites is 1. The summed E-state index contributed by atoms with van der Waals surface area (Å²) < 4.78 is 41.0. The molecule has 7 nitrogen and oxygen atoms in total. The van der Waals surface area contributed by atoms with Gasteiger partial charge in [0.15, 0.2) is 11.5 Å². The molecule has 8 heteroatoms. The van der Waals surface area contributed by atoms with Crippen LogP contribution in [-0.2, 0) is 10.0 Å². The first-order valence-corrected chi connectivity index (χ1v) is 10.1. The summed E-state index contributed by atoms with van der Waals surface area (Å²) >= 11 is 0. The van der Waals surface area contributed by atoms with Gasteiger partial charge in [0, 0.05) is 5.56 Å². The van der Waals surface area contributed by atoms with E-state index < -0.39 is 10.0 Å². The summed E-state index contributed by atoms with van der Waals surface area (Å²) in [5.41, 5.74) is 0.609. The number of nitrogens with one attached hydrogen (secondary N) is 1. The van der Waals surface area contributed by atoms with Gasteiger partial charge in [-0.2, -0.15) is 13.5 Å². The van der Waals surface area contributed by atoms with Gasteiger partial charge < -0.3 is 14.2 Å². The number of hydrazone groups is 1. The minimum atomic E-state index is -3.78. The molecule has 0 aromatic heterocycles. The van der Waals surface area contributed by atoms with Gasteiger partial charge >= 0.3 is 0 Å². The SMILES string of the molecule is CCCOc1c(/C=N/NS(=O)(=O)c2ccc(OCC)cc2)cccc1OC. The summed E-state index contributed by atoms with van der Waals surface area (Å²) in [4.78, 5) is 2.29. The lowest BCUT2D eigenvalue weighted by Crippen LogP contribution is -2.18. The maximum absolute atomic E-state index is 12.4. The Morgan fingerprint density at radius 2 is 1.81 bits per heavy atom. The fourth-order valence-electron chi connectivity index (χ4n) is 2.25. The van der Waals surface area contributed by atoms with Crippen LogP contribution in [-0.4, -0.2) is 35.0 Å². The summed E-state index contributed by atoms with van der Waals surface area (Å²) in [5.74, 6) is 1.68. The average molecular weight is 392 g/mol. The van der Waals surface area contributed by atoms with E-state index in [0.29, 0.717) is 36.0 Å². The van der Waals surface area contributed by atoms with E-state index in [9.17, 15) is 8.42 Å². The molecule has 2 aromatic carbocycles. The molecule has 2 aromatic rings. The highest BCUT2D eigenvalue weighted by Gasteiger charge is 2.13. The zero-order valence-corrected chi connectivity index (χ0v) is 16.5. The Morgan fingerprint density at radius 1 is 1.07 bits per heavy atom. The summed E-state index contributed by atoms with van der Waals surface area (Å²) in [6.45, 7) is 4.88. The molecule has 0 bridgehead atoms. The van der Waals surface area contributed by atoms with Crippen molar-refractivity contribution in [3.05, 3.63) is 48.0 Å². The van der Waals surface area contributed by atoms with Crippen molar-refractivity contribution < 1.29 is 22.6 Å². The highest BCUT2D eigenvalue weighted by molar-refractivity contribution is 7.89. The van der Waals surface area contributed by atoms with Gasteiger partial charge in [-0.3, -0.25) is 0 Å². The number of methoxy groups -OCH3 is 1. The van der Waals surface area contributed by atoms with Crippen LogP contribution in [0.5, 0.6) is 17.2 Å². The van der Waals surface area contributed by atoms with E-state index in [-0.39, 0.29) is 4.90 Å². The maximum atomic E-state index is 12.4. The summed E-state index contributed by atoms with van der Waals surface area (Å²) in [7, 11) is -2.24. The van der Waals surface area contributed by atoms with Gasteiger partial charge in [-0.05, 0) is 49.7 Å². The van der Waals surface area contributed by atoms with Crippen molar-refractivity contribution in [2.75, 3.05) is 20.3 Å². The van der Waals surface area contributed by atoms with Gasteiger partial charge in [-0.25, -0.2) is 4.83 Å². The zero-order chi connectivity index (χ0) is 19.7. The normalized spacial score (nSPS) is 11.4. The molecule has 0 fully saturated rings. The van der Waals surface area contributed by atoms with Crippen LogP contribution in [0.3, 0.4) is 0 Å². The number of nitrogens with zero attached hydrogens (tertiary/aromatic N) is 1. The van der Waals surface area contributed by atoms with E-state index in [1.54, 1.807) is 37.4 Å². The number of hydrogen-bond acceptors (Lipinski definition) is 6. The maximum Gasteiger partial charge on any atom is 0.276 e. The molecule has 0 atom stereocenters. The third-order valence-electron chi connectivity index (χ3n) is 3.50. The van der Waals surface area contributed by atoms with Crippen molar-refractivity contribution in [3.8, 4) is 17.2 Å². The first-order chi connectivity index (χ1) is 13.0. The van der Waals surface area contributed by atoms with Gasteiger partial charge in [0.25, 0.3) is 10.0 Å². The average Bonchev–Trinajstić information content (AvgIpc) is 2.67. The van der Waals surface area contributed by atoms with E-state index in [4.69, 9.17) is 14.2 Å². The molecular formula is C19H24N2O5S. The predicted octanol–water partition coefficient (Wildman–Crippen LogP) is 3.20. The topological polar surface area (TPSA) is 86.2 Å². The fourth-order valence-corrected chi connectivity index (χ4v) is 3.04. The lowest BCUT2D eigenvalue weighted by molar-refractivity contribution is 0.294. The van der Waals surface area contributed by atoms with Crippen molar-refractivity contribution >= 4 is 16.2 Å². The quantitative estimate of drug-likeness (QED) is 0.496. The summed E-state index contributed by atoms with van der Waals surface area (Å²) in [6.07, 6.45) is 2.22. The van der Waals surface area contributed by atoms with Gasteiger partial charge in [-0.1, -0.05) is 13.0 Å². The Morgan fingerprint density at radius 3 is 2.44 bits per heavy atom. The second-order valence-corrected chi connectivity index (χ2v) is 7.15. The molecule has 146 valence electrons. The number of ether oxygens (including phenoxy) is 3. The molecule has 0 unspecified atom stereocenters. The molecule has 0 saturated heterocycles. The van der Waals surface area contributed by atoms with Gasteiger partial charge in [0.1, 0.15) is 5.75 Å². The Balaban J connectivity index is 2.16. The van der Waals surface area contributed by atoms with Crippen molar-refractivity contribution in [3.63, 3.8) is 0 Å². The van der Waals surface area contributed by atoms with E-state index in [0.717, 1.165) is 6.42 Å². The van der Waals surface area contributed by atoms with Gasteiger partial charge in [-0.15, -0.1) is 0 Å². The summed E-state index contributed by atoms with van der Waals surface area (Å²) in [6, 6.07) is 11.4. The molecule has 27 heavy (non-hydrogen) atoms. The number of sulfonamides is 1. The van der Waals surface area contributed by atoms with Crippen LogP contribution in [0.1, 0.15) is 25.8 Å². The molecule has 0 heterocycles. The van der Waals surface area contributed by atoms with E-state index >= 15 is 0 Å². The van der Waals surface area contributed by atoms with Crippen molar-refractivity contribution in [2.45, 2.75) is 25.2 Å². The molecule has 1 N–H and O–H groups in total. The number of rotatable bonds is 10. The molecule has 0 aliphatic carbocycles. The standard InChI is InChI=1S/C19H24N2O5S/c1-4-13-26-19-15(7-6-8-18(19)24-3)14-20-21-27(22,23)17-11-9-16(10-12-17)25-5-2/h6-12,14,21H,4-5,13H2,1-3H3/b20-14+. The van der Waals surface area contributed by atoms with Crippen LogP contribution in [0, 0.1) is 0 Å². The second-order valence-electron chi connectivity index (χ2n) is 5.48. The number of benzene rings is 2. The third-order valence-corrected chi connectivity index (χ3v) is 4.74. The number of hydrogen-bond donors (Lipinski definition) is 1. The monoisotopic (exact) mass is 392 g/mol. The van der Waals surface area contributed by atoms with Crippen molar-refractivity contribution in [2.24, 2.45) is 5.10 Å². The van der Waals surface area contributed by atoms with Crippen LogP contribution in [0.2, 0.25) is 0 Å². The van der Waals surface area contributed by atoms with Crippen LogP contribution < -0.4 is 19.0 Å². The zero-order valence-electron chi connectivity index (χ0n) is 15.6. The first kappa shape index (κ1) is 20.6. The van der Waals surface area contributed by atoms with E-state index in [1.807, 2.05) is 13.8 Å². The lowest BCUT2D eigenvalue weighted by atomic mass is 10.2. The lowest BCUT2D eigenvalue weighted by Gasteiger charge is -2.12. The Labute approximate surface area is 160 Å². The first-order valence-electron chi connectivity index (χ1n) is 8.59. The van der Waals surface area contributed by atoms with Crippen molar-refractivity contribution in [1.82, 2.24) is 4.83 Å². The van der Waals surface area contributed by atoms with Crippen molar-refractivity contribution in [1.29, 1.82) is 0 Å². The van der Waals surface area contributed by atoms with E-state index in [2.05, 4.69) is 9.93 Å². The predicted molar refractivity (Wildman–Crippen MR) is 104 cm³/mol. The van der Waals surface area contributed by atoms with E-state index in [1.165, 1.54) is 18.3 Å². The highest BCUT2D eigenvalue weighted by atomic mass is 32.2. The second kappa shape index (κ2) is 9.82. The molecule has 0 saturated carbocycles. The summed E-state index contributed by atoms with van der Waals surface area (Å²) in [5, 5.41) is 3.86. The highest BCUT2D eigenvalue weighted by Crippen LogP contribution is 2.30. The smallest absolute Gasteiger partial charge is 0.276 e. The Hall–Kier alpha value is -2.74. The fraction of sp³-hybridized carbons (Fsp3) is 0.316. The Bertz CT molecular complexity index is 864. The van der Waals surface area contributed by atoms with Crippen LogP contribution in [0.15, 0.2) is 52.5 Å². The van der Waals surface area contributed by atoms with Crippen LogP contribution in [0.4, 0.5) is 0 Å². The van der Waals surface area contributed by atoms with Crippen LogP contribution >= 0.6 is 0 Å².